The molecular formula is C16H17NO3. The minimum absolute atomic E-state index is 0.0836. The fraction of sp³-hybridized carbons (Fsp3) is 0.188. The van der Waals surface area contributed by atoms with Crippen LogP contribution in [0.15, 0.2) is 36.4 Å². The fourth-order valence-electron chi connectivity index (χ4n) is 2.04. The van der Waals surface area contributed by atoms with E-state index in [-0.39, 0.29) is 5.78 Å². The van der Waals surface area contributed by atoms with E-state index < -0.39 is 0 Å². The summed E-state index contributed by atoms with van der Waals surface area (Å²) in [5.74, 6) is 1.08. The molecular weight excluding hydrogens is 254 g/mol. The SMILES string of the molecule is COc1cc(OC)cc(C(=O)c2ccc(N)cc2C)c1. The van der Waals surface area contributed by atoms with Gasteiger partial charge in [-0.15, -0.1) is 0 Å². The van der Waals surface area contributed by atoms with Crippen molar-refractivity contribution in [2.45, 2.75) is 6.92 Å². The molecule has 0 saturated carbocycles. The maximum absolute atomic E-state index is 12.6. The van der Waals surface area contributed by atoms with E-state index in [1.807, 2.05) is 6.92 Å². The molecule has 0 aliphatic rings. The topological polar surface area (TPSA) is 61.5 Å². The van der Waals surface area contributed by atoms with Crippen molar-refractivity contribution in [2.24, 2.45) is 0 Å². The number of hydrogen-bond acceptors (Lipinski definition) is 4. The zero-order valence-corrected chi connectivity index (χ0v) is 11.8. The summed E-state index contributed by atoms with van der Waals surface area (Å²) in [5, 5.41) is 0. The van der Waals surface area contributed by atoms with E-state index in [0.29, 0.717) is 28.3 Å². The smallest absolute Gasteiger partial charge is 0.193 e. The Morgan fingerprint density at radius 1 is 1.00 bits per heavy atom. The molecule has 2 aromatic carbocycles. The molecule has 4 nitrogen and oxygen atoms in total. The second-order valence-electron chi connectivity index (χ2n) is 4.50. The van der Waals surface area contributed by atoms with Crippen molar-refractivity contribution < 1.29 is 14.3 Å². The Bertz CT molecular complexity index is 628. The summed E-state index contributed by atoms with van der Waals surface area (Å²) in [6.07, 6.45) is 0. The second-order valence-corrected chi connectivity index (χ2v) is 4.50. The van der Waals surface area contributed by atoms with Crippen molar-refractivity contribution in [3.8, 4) is 11.5 Å². The number of nitrogens with two attached hydrogens (primary N) is 1. The highest BCUT2D eigenvalue weighted by Crippen LogP contribution is 2.25. The molecule has 0 amide bonds. The van der Waals surface area contributed by atoms with Gasteiger partial charge in [-0.2, -0.15) is 0 Å². The van der Waals surface area contributed by atoms with E-state index in [9.17, 15) is 4.79 Å². The van der Waals surface area contributed by atoms with E-state index in [4.69, 9.17) is 15.2 Å². The van der Waals surface area contributed by atoms with Gasteiger partial charge in [-0.1, -0.05) is 0 Å². The van der Waals surface area contributed by atoms with E-state index in [0.717, 1.165) is 5.56 Å². The molecule has 0 radical (unpaired) electrons. The van der Waals surface area contributed by atoms with Gasteiger partial charge >= 0.3 is 0 Å². The average Bonchev–Trinajstić information content (AvgIpc) is 2.46. The molecule has 0 saturated heterocycles. The highest BCUT2D eigenvalue weighted by atomic mass is 16.5. The molecule has 2 N–H and O–H groups in total. The van der Waals surface area contributed by atoms with Crippen molar-refractivity contribution in [3.05, 3.63) is 53.1 Å². The Hall–Kier alpha value is -2.49. The van der Waals surface area contributed by atoms with Crippen molar-refractivity contribution in [1.82, 2.24) is 0 Å². The Kier molecular flexibility index (Phi) is 3.94. The number of methoxy groups -OCH3 is 2. The summed E-state index contributed by atoms with van der Waals surface area (Å²) < 4.78 is 10.4. The standard InChI is InChI=1S/C16H17NO3/c1-10-6-12(17)4-5-15(10)16(18)11-7-13(19-2)9-14(8-11)20-3/h4-9H,17H2,1-3H3. The minimum Gasteiger partial charge on any atom is -0.497 e. The molecule has 104 valence electrons. The third kappa shape index (κ3) is 2.74. The van der Waals surface area contributed by atoms with Gasteiger partial charge in [-0.3, -0.25) is 4.79 Å². The predicted octanol–water partition coefficient (Wildman–Crippen LogP) is 2.83. The first-order valence-electron chi connectivity index (χ1n) is 6.19. The van der Waals surface area contributed by atoms with Crippen molar-refractivity contribution in [2.75, 3.05) is 20.0 Å². The van der Waals surface area contributed by atoms with Gasteiger partial charge < -0.3 is 15.2 Å². The lowest BCUT2D eigenvalue weighted by Crippen LogP contribution is -2.05. The van der Waals surface area contributed by atoms with E-state index in [2.05, 4.69) is 0 Å². The number of anilines is 1. The maximum atomic E-state index is 12.6. The van der Waals surface area contributed by atoms with Crippen LogP contribution in [0, 0.1) is 6.92 Å². The fourth-order valence-corrected chi connectivity index (χ4v) is 2.04. The largest absolute Gasteiger partial charge is 0.497 e. The third-order valence-corrected chi connectivity index (χ3v) is 3.11. The molecule has 0 bridgehead atoms. The van der Waals surface area contributed by atoms with E-state index in [1.54, 1.807) is 50.6 Å². The summed E-state index contributed by atoms with van der Waals surface area (Å²) in [6, 6.07) is 10.4. The van der Waals surface area contributed by atoms with Gasteiger partial charge in [0, 0.05) is 22.9 Å². The Morgan fingerprint density at radius 2 is 1.60 bits per heavy atom. The van der Waals surface area contributed by atoms with Gasteiger partial charge in [-0.05, 0) is 42.8 Å². The van der Waals surface area contributed by atoms with Crippen LogP contribution in [0.2, 0.25) is 0 Å². The summed E-state index contributed by atoms with van der Waals surface area (Å²) in [6.45, 7) is 1.86. The summed E-state index contributed by atoms with van der Waals surface area (Å²) in [7, 11) is 3.11. The molecule has 0 atom stereocenters. The predicted molar refractivity (Wildman–Crippen MR) is 78.6 cm³/mol. The first-order valence-corrected chi connectivity index (χ1v) is 6.19. The molecule has 2 aromatic rings. The van der Waals surface area contributed by atoms with Crippen LogP contribution in [-0.4, -0.2) is 20.0 Å². The molecule has 0 heterocycles. The summed E-state index contributed by atoms with van der Waals surface area (Å²) in [4.78, 5) is 12.6. The molecule has 0 fully saturated rings. The number of ketones is 1. The van der Waals surface area contributed by atoms with Crippen LogP contribution >= 0.6 is 0 Å². The van der Waals surface area contributed by atoms with Crippen molar-refractivity contribution in [3.63, 3.8) is 0 Å². The molecule has 0 aromatic heterocycles. The Balaban J connectivity index is 2.47. The van der Waals surface area contributed by atoms with Gasteiger partial charge in [0.15, 0.2) is 5.78 Å². The number of rotatable bonds is 4. The maximum Gasteiger partial charge on any atom is 0.193 e. The average molecular weight is 271 g/mol. The van der Waals surface area contributed by atoms with Gasteiger partial charge in [0.1, 0.15) is 11.5 Å². The first-order chi connectivity index (χ1) is 9.55. The minimum atomic E-state index is -0.0836. The number of ether oxygens (including phenoxy) is 2. The third-order valence-electron chi connectivity index (χ3n) is 3.11. The van der Waals surface area contributed by atoms with Crippen LogP contribution in [0.5, 0.6) is 11.5 Å². The van der Waals surface area contributed by atoms with Gasteiger partial charge in [-0.25, -0.2) is 0 Å². The summed E-state index contributed by atoms with van der Waals surface area (Å²) >= 11 is 0. The zero-order chi connectivity index (χ0) is 14.7. The number of carbonyl (C=O) groups is 1. The lowest BCUT2D eigenvalue weighted by molar-refractivity contribution is 0.103. The molecule has 0 aliphatic carbocycles. The van der Waals surface area contributed by atoms with Gasteiger partial charge in [0.25, 0.3) is 0 Å². The van der Waals surface area contributed by atoms with Crippen molar-refractivity contribution >= 4 is 11.5 Å². The van der Waals surface area contributed by atoms with Crippen LogP contribution in [-0.2, 0) is 0 Å². The molecule has 0 unspecified atom stereocenters. The lowest BCUT2D eigenvalue weighted by atomic mass is 9.98. The number of carbonyl (C=O) groups excluding carboxylic acids is 1. The van der Waals surface area contributed by atoms with Crippen LogP contribution in [0.4, 0.5) is 5.69 Å². The normalized spacial score (nSPS) is 10.2. The molecule has 2 rings (SSSR count). The molecule has 4 heteroatoms. The number of hydrogen-bond donors (Lipinski definition) is 1. The number of nitrogen functional groups attached to an aromatic ring is 1. The zero-order valence-electron chi connectivity index (χ0n) is 11.8. The number of aryl methyl sites for hydroxylation is 1. The Morgan fingerprint density at radius 3 is 2.10 bits per heavy atom. The second kappa shape index (κ2) is 5.65. The van der Waals surface area contributed by atoms with Gasteiger partial charge in [0.2, 0.25) is 0 Å². The van der Waals surface area contributed by atoms with Crippen LogP contribution in [0.1, 0.15) is 21.5 Å². The lowest BCUT2D eigenvalue weighted by Gasteiger charge is -2.09. The molecule has 0 aliphatic heterocycles. The van der Waals surface area contributed by atoms with Crippen LogP contribution < -0.4 is 15.2 Å². The molecule has 20 heavy (non-hydrogen) atoms. The highest BCUT2D eigenvalue weighted by Gasteiger charge is 2.14. The quantitative estimate of drug-likeness (QED) is 0.686. The first kappa shape index (κ1) is 13.9. The summed E-state index contributed by atoms with van der Waals surface area (Å²) in [5.41, 5.74) is 8.33. The van der Waals surface area contributed by atoms with Crippen molar-refractivity contribution in [1.29, 1.82) is 0 Å². The van der Waals surface area contributed by atoms with Gasteiger partial charge in [0.05, 0.1) is 14.2 Å². The van der Waals surface area contributed by atoms with Crippen LogP contribution in [0.25, 0.3) is 0 Å². The highest BCUT2D eigenvalue weighted by molar-refractivity contribution is 6.10. The van der Waals surface area contributed by atoms with E-state index >= 15 is 0 Å². The molecule has 0 spiro atoms. The Labute approximate surface area is 118 Å². The number of benzene rings is 2. The monoisotopic (exact) mass is 271 g/mol. The van der Waals surface area contributed by atoms with Crippen LogP contribution in [0.3, 0.4) is 0 Å². The van der Waals surface area contributed by atoms with E-state index in [1.165, 1.54) is 0 Å².